The number of carbonyl (C=O) groups excluding carboxylic acids is 1. The summed E-state index contributed by atoms with van der Waals surface area (Å²) in [4.78, 5) is 12.8. The van der Waals surface area contributed by atoms with Crippen molar-refractivity contribution < 1.29 is 4.79 Å². The van der Waals surface area contributed by atoms with Gasteiger partial charge in [0.05, 0.1) is 5.25 Å². The Balaban J connectivity index is 1.45. The van der Waals surface area contributed by atoms with Gasteiger partial charge in [0, 0.05) is 11.7 Å². The fraction of sp³-hybridized carbons (Fsp3) is 0.409. The molecule has 1 unspecified atom stereocenters. The molecule has 1 aliphatic rings. The van der Waals surface area contributed by atoms with Gasteiger partial charge in [-0.3, -0.25) is 4.79 Å². The fourth-order valence-electron chi connectivity index (χ4n) is 3.91. The van der Waals surface area contributed by atoms with E-state index in [1.165, 1.54) is 49.3 Å². The Labute approximate surface area is 169 Å². The number of benzene rings is 2. The monoisotopic (exact) mass is 394 g/mol. The molecule has 5 nitrogen and oxygen atoms in total. The van der Waals surface area contributed by atoms with E-state index in [2.05, 4.69) is 32.2 Å². The van der Waals surface area contributed by atoms with Gasteiger partial charge < -0.3 is 9.88 Å². The van der Waals surface area contributed by atoms with Crippen molar-refractivity contribution in [1.29, 1.82) is 0 Å². The molecule has 1 atom stereocenters. The second kappa shape index (κ2) is 8.35. The van der Waals surface area contributed by atoms with Crippen molar-refractivity contribution in [3.63, 3.8) is 0 Å². The van der Waals surface area contributed by atoms with Crippen LogP contribution >= 0.6 is 11.8 Å². The number of anilines is 1. The second-order valence-electron chi connectivity index (χ2n) is 7.50. The minimum absolute atomic E-state index is 0.0175. The molecule has 6 heteroatoms. The standard InChI is InChI=1S/C22H26N4OS/c1-15(21(27)23-19-13-12-17-8-6-7-9-18(17)14-19)28-22-25-24-16(2)26(22)20-10-4-3-5-11-20/h6-9,12-15,20H,3-5,10-11H2,1-2H3,(H,23,27). The first-order chi connectivity index (χ1) is 13.6. The van der Waals surface area contributed by atoms with Crippen LogP contribution in [0.1, 0.15) is 50.9 Å². The minimum atomic E-state index is -0.252. The molecule has 1 aliphatic carbocycles. The van der Waals surface area contributed by atoms with Gasteiger partial charge in [0.15, 0.2) is 5.16 Å². The zero-order valence-corrected chi connectivity index (χ0v) is 17.2. The molecular weight excluding hydrogens is 368 g/mol. The van der Waals surface area contributed by atoms with Gasteiger partial charge in [0.2, 0.25) is 5.91 Å². The van der Waals surface area contributed by atoms with Crippen LogP contribution in [0.25, 0.3) is 10.8 Å². The smallest absolute Gasteiger partial charge is 0.237 e. The maximum atomic E-state index is 12.8. The Bertz CT molecular complexity index is 978. The molecule has 1 saturated carbocycles. The molecule has 0 radical (unpaired) electrons. The summed E-state index contributed by atoms with van der Waals surface area (Å²) in [6, 6.07) is 14.6. The number of rotatable bonds is 5. The molecule has 3 aromatic rings. The van der Waals surface area contributed by atoms with Crippen LogP contribution in [-0.4, -0.2) is 25.9 Å². The topological polar surface area (TPSA) is 59.8 Å². The van der Waals surface area contributed by atoms with Crippen molar-refractivity contribution in [3.05, 3.63) is 48.3 Å². The number of aryl methyl sites for hydroxylation is 1. The van der Waals surface area contributed by atoms with Crippen LogP contribution in [0.15, 0.2) is 47.6 Å². The lowest BCUT2D eigenvalue weighted by molar-refractivity contribution is -0.115. The number of hydrogen-bond donors (Lipinski definition) is 1. The van der Waals surface area contributed by atoms with E-state index < -0.39 is 0 Å². The summed E-state index contributed by atoms with van der Waals surface area (Å²) < 4.78 is 2.24. The Morgan fingerprint density at radius 1 is 1.11 bits per heavy atom. The first kappa shape index (κ1) is 19.0. The SMILES string of the molecule is Cc1nnc(SC(C)C(=O)Nc2ccc3ccccc3c2)n1C1CCCCC1. The van der Waals surface area contributed by atoms with Gasteiger partial charge in [-0.05, 0) is 49.6 Å². The van der Waals surface area contributed by atoms with Crippen molar-refractivity contribution in [1.82, 2.24) is 14.8 Å². The molecule has 0 aliphatic heterocycles. The quantitative estimate of drug-likeness (QED) is 0.592. The number of nitrogens with one attached hydrogen (secondary N) is 1. The molecule has 146 valence electrons. The molecule has 1 fully saturated rings. The third kappa shape index (κ3) is 4.07. The van der Waals surface area contributed by atoms with Crippen LogP contribution in [0.5, 0.6) is 0 Å². The Hall–Kier alpha value is -2.34. The summed E-state index contributed by atoms with van der Waals surface area (Å²) in [6.07, 6.45) is 6.16. The highest BCUT2D eigenvalue weighted by atomic mass is 32.2. The van der Waals surface area contributed by atoms with Gasteiger partial charge in [-0.2, -0.15) is 0 Å². The molecule has 1 heterocycles. The molecule has 1 N–H and O–H groups in total. The molecule has 4 rings (SSSR count). The normalized spacial score (nSPS) is 16.2. The Morgan fingerprint density at radius 2 is 1.86 bits per heavy atom. The predicted octanol–water partition coefficient (Wildman–Crippen LogP) is 5.36. The lowest BCUT2D eigenvalue weighted by Gasteiger charge is -2.25. The highest BCUT2D eigenvalue weighted by molar-refractivity contribution is 8.00. The number of aromatic nitrogens is 3. The van der Waals surface area contributed by atoms with E-state index in [1.54, 1.807) is 0 Å². The van der Waals surface area contributed by atoms with Crippen molar-refractivity contribution in [2.24, 2.45) is 0 Å². The summed E-state index contributed by atoms with van der Waals surface area (Å²) >= 11 is 1.49. The van der Waals surface area contributed by atoms with Gasteiger partial charge in [-0.15, -0.1) is 10.2 Å². The Kier molecular flexibility index (Phi) is 5.67. The average Bonchev–Trinajstić information content (AvgIpc) is 3.08. The van der Waals surface area contributed by atoms with Gasteiger partial charge in [-0.25, -0.2) is 0 Å². The number of carbonyl (C=O) groups is 1. The van der Waals surface area contributed by atoms with Crippen LogP contribution in [0.2, 0.25) is 0 Å². The number of fused-ring (bicyclic) bond motifs is 1. The lowest BCUT2D eigenvalue weighted by Crippen LogP contribution is -2.23. The van der Waals surface area contributed by atoms with E-state index in [0.29, 0.717) is 6.04 Å². The lowest BCUT2D eigenvalue weighted by atomic mass is 9.95. The number of thioether (sulfide) groups is 1. The highest BCUT2D eigenvalue weighted by Gasteiger charge is 2.24. The molecule has 1 amide bonds. The van der Waals surface area contributed by atoms with E-state index >= 15 is 0 Å². The van der Waals surface area contributed by atoms with Gasteiger partial charge in [0.1, 0.15) is 5.82 Å². The predicted molar refractivity (Wildman–Crippen MR) is 115 cm³/mol. The summed E-state index contributed by atoms with van der Waals surface area (Å²) in [6.45, 7) is 3.93. The van der Waals surface area contributed by atoms with Crippen LogP contribution in [-0.2, 0) is 4.79 Å². The highest BCUT2D eigenvalue weighted by Crippen LogP contribution is 2.33. The molecule has 1 aromatic heterocycles. The molecular formula is C22H26N4OS. The minimum Gasteiger partial charge on any atom is -0.325 e. The first-order valence-electron chi connectivity index (χ1n) is 9.99. The van der Waals surface area contributed by atoms with E-state index in [0.717, 1.165) is 22.1 Å². The number of nitrogens with zero attached hydrogens (tertiary/aromatic N) is 3. The summed E-state index contributed by atoms with van der Waals surface area (Å²) in [5, 5.41) is 14.6. The van der Waals surface area contributed by atoms with E-state index in [4.69, 9.17) is 0 Å². The second-order valence-corrected chi connectivity index (χ2v) is 8.81. The summed E-state index contributed by atoms with van der Waals surface area (Å²) in [5.74, 6) is 0.924. The van der Waals surface area contributed by atoms with Gasteiger partial charge >= 0.3 is 0 Å². The zero-order chi connectivity index (χ0) is 19.5. The van der Waals surface area contributed by atoms with Crippen LogP contribution in [0.3, 0.4) is 0 Å². The molecule has 0 bridgehead atoms. The van der Waals surface area contributed by atoms with E-state index in [1.807, 2.05) is 44.2 Å². The van der Waals surface area contributed by atoms with Crippen LogP contribution in [0, 0.1) is 6.92 Å². The molecule has 0 saturated heterocycles. The van der Waals surface area contributed by atoms with E-state index in [-0.39, 0.29) is 11.2 Å². The number of amides is 1. The van der Waals surface area contributed by atoms with Crippen molar-refractivity contribution >= 4 is 34.1 Å². The average molecular weight is 395 g/mol. The van der Waals surface area contributed by atoms with Crippen molar-refractivity contribution in [2.45, 2.75) is 62.4 Å². The largest absolute Gasteiger partial charge is 0.325 e. The van der Waals surface area contributed by atoms with Crippen molar-refractivity contribution in [2.75, 3.05) is 5.32 Å². The maximum absolute atomic E-state index is 12.8. The fourth-order valence-corrected chi connectivity index (χ4v) is 4.88. The van der Waals surface area contributed by atoms with Crippen LogP contribution < -0.4 is 5.32 Å². The summed E-state index contributed by atoms with van der Waals surface area (Å²) in [5.41, 5.74) is 0.820. The molecule has 0 spiro atoms. The number of hydrogen-bond acceptors (Lipinski definition) is 4. The van der Waals surface area contributed by atoms with Gasteiger partial charge in [0.25, 0.3) is 0 Å². The van der Waals surface area contributed by atoms with Crippen LogP contribution in [0.4, 0.5) is 5.69 Å². The Morgan fingerprint density at radius 3 is 2.64 bits per heavy atom. The third-order valence-electron chi connectivity index (χ3n) is 5.44. The summed E-state index contributed by atoms with van der Waals surface area (Å²) in [7, 11) is 0. The van der Waals surface area contributed by atoms with E-state index in [9.17, 15) is 4.79 Å². The first-order valence-corrected chi connectivity index (χ1v) is 10.9. The molecule has 28 heavy (non-hydrogen) atoms. The van der Waals surface area contributed by atoms with Crippen molar-refractivity contribution in [3.8, 4) is 0 Å². The zero-order valence-electron chi connectivity index (χ0n) is 16.4. The maximum Gasteiger partial charge on any atom is 0.237 e. The third-order valence-corrected chi connectivity index (χ3v) is 6.50. The molecule has 2 aromatic carbocycles. The van der Waals surface area contributed by atoms with Gasteiger partial charge in [-0.1, -0.05) is 61.4 Å².